The molecule has 0 heterocycles. The first kappa shape index (κ1) is 6.51. The van der Waals surface area contributed by atoms with E-state index in [0.717, 1.165) is 11.3 Å². The van der Waals surface area contributed by atoms with Gasteiger partial charge < -0.3 is 0 Å². The van der Waals surface area contributed by atoms with Crippen LogP contribution in [0.4, 0.5) is 0 Å². The first-order valence-electron chi connectivity index (χ1n) is 5.33. The average molecular weight is 150 g/mol. The average Bonchev–Trinajstić information content (AvgIpc) is 2.60. The number of hydrogen-bond acceptors (Lipinski definition) is 0. The fourth-order valence-electron chi connectivity index (χ4n) is 4.10. The molecule has 0 amide bonds. The molecule has 3 fully saturated rings. The molecule has 0 radical (unpaired) electrons. The van der Waals surface area contributed by atoms with Gasteiger partial charge in [0.15, 0.2) is 0 Å². The van der Waals surface area contributed by atoms with Crippen molar-refractivity contribution in [3.05, 3.63) is 0 Å². The van der Waals surface area contributed by atoms with Crippen LogP contribution in [0.5, 0.6) is 0 Å². The third-order valence-electron chi connectivity index (χ3n) is 4.90. The summed E-state index contributed by atoms with van der Waals surface area (Å²) in [6, 6.07) is 0. The largest absolute Gasteiger partial charge is 0.0620 e. The zero-order chi connectivity index (χ0) is 7.47. The van der Waals surface area contributed by atoms with Gasteiger partial charge in [-0.2, -0.15) is 0 Å². The highest BCUT2D eigenvalue weighted by Gasteiger charge is 2.60. The lowest BCUT2D eigenvalue weighted by Gasteiger charge is -2.30. The molecular weight excluding hydrogens is 132 g/mol. The maximum atomic E-state index is 2.51. The Hall–Kier alpha value is 0. The van der Waals surface area contributed by atoms with Crippen molar-refractivity contribution in [1.29, 1.82) is 0 Å². The summed E-state index contributed by atoms with van der Waals surface area (Å²) in [5.41, 5.74) is 0.880. The Morgan fingerprint density at radius 3 is 2.55 bits per heavy atom. The van der Waals surface area contributed by atoms with Crippen molar-refractivity contribution in [1.82, 2.24) is 0 Å². The van der Waals surface area contributed by atoms with Crippen molar-refractivity contribution in [3.63, 3.8) is 0 Å². The predicted octanol–water partition coefficient (Wildman–Crippen LogP) is 3.22. The molecule has 3 aliphatic carbocycles. The van der Waals surface area contributed by atoms with Crippen LogP contribution in [0.3, 0.4) is 0 Å². The second-order valence-electron chi connectivity index (χ2n) is 5.17. The molecule has 0 heteroatoms. The second kappa shape index (κ2) is 1.84. The predicted molar refractivity (Wildman–Crippen MR) is 46.3 cm³/mol. The van der Waals surface area contributed by atoms with Crippen molar-refractivity contribution in [3.8, 4) is 0 Å². The highest BCUT2D eigenvalue weighted by atomic mass is 14.6. The summed E-state index contributed by atoms with van der Waals surface area (Å²) in [5, 5.41) is 0. The van der Waals surface area contributed by atoms with E-state index in [2.05, 4.69) is 6.92 Å². The minimum atomic E-state index is 0.880. The normalized spacial score (nSPS) is 60.3. The van der Waals surface area contributed by atoms with Gasteiger partial charge in [-0.15, -0.1) is 0 Å². The van der Waals surface area contributed by atoms with Crippen LogP contribution < -0.4 is 0 Å². The van der Waals surface area contributed by atoms with Crippen LogP contribution in [0.25, 0.3) is 0 Å². The zero-order valence-corrected chi connectivity index (χ0v) is 7.47. The fraction of sp³-hybridized carbons (Fsp3) is 1.00. The van der Waals surface area contributed by atoms with Crippen LogP contribution in [-0.2, 0) is 0 Å². The number of hydrogen-bond donors (Lipinski definition) is 0. The van der Waals surface area contributed by atoms with E-state index in [0.29, 0.717) is 0 Å². The van der Waals surface area contributed by atoms with Crippen LogP contribution >= 0.6 is 0 Å². The van der Waals surface area contributed by atoms with Gasteiger partial charge in [-0.3, -0.25) is 0 Å². The van der Waals surface area contributed by atoms with Crippen molar-refractivity contribution in [2.75, 3.05) is 0 Å². The molecule has 0 aliphatic heterocycles. The molecule has 3 aliphatic rings. The van der Waals surface area contributed by atoms with Gasteiger partial charge in [-0.25, -0.2) is 0 Å². The third kappa shape index (κ3) is 0.666. The van der Waals surface area contributed by atoms with Crippen LogP contribution in [0.1, 0.15) is 45.4 Å². The smallest absolute Gasteiger partial charge is 0.0241 e. The van der Waals surface area contributed by atoms with Gasteiger partial charge in [0.1, 0.15) is 0 Å². The summed E-state index contributed by atoms with van der Waals surface area (Å²) in [5.74, 6) is 3.45. The van der Waals surface area contributed by atoms with Crippen LogP contribution in [0.15, 0.2) is 0 Å². The van der Waals surface area contributed by atoms with Crippen LogP contribution in [0, 0.1) is 23.2 Å². The summed E-state index contributed by atoms with van der Waals surface area (Å²) in [6.07, 6.45) is 9.41. The Bertz CT molecular complexity index is 176. The van der Waals surface area contributed by atoms with E-state index in [1.54, 1.807) is 25.7 Å². The van der Waals surface area contributed by atoms with E-state index in [4.69, 9.17) is 0 Å². The Morgan fingerprint density at radius 2 is 2.09 bits per heavy atom. The summed E-state index contributed by atoms with van der Waals surface area (Å²) in [6.45, 7) is 2.51. The Labute approximate surface area is 69.4 Å². The van der Waals surface area contributed by atoms with Crippen molar-refractivity contribution >= 4 is 0 Å². The van der Waals surface area contributed by atoms with Crippen molar-refractivity contribution in [2.45, 2.75) is 45.4 Å². The Morgan fingerprint density at radius 1 is 1.18 bits per heavy atom. The van der Waals surface area contributed by atoms with Crippen LogP contribution in [0.2, 0.25) is 0 Å². The van der Waals surface area contributed by atoms with E-state index in [1.165, 1.54) is 24.7 Å². The summed E-state index contributed by atoms with van der Waals surface area (Å²) < 4.78 is 0. The third-order valence-corrected chi connectivity index (χ3v) is 4.90. The molecule has 11 heavy (non-hydrogen) atoms. The number of rotatable bonds is 0. The van der Waals surface area contributed by atoms with Gasteiger partial charge in [0.25, 0.3) is 0 Å². The molecule has 0 bridgehead atoms. The quantitative estimate of drug-likeness (QED) is 0.497. The molecule has 62 valence electrons. The first-order chi connectivity index (χ1) is 5.33. The molecule has 0 aromatic rings. The van der Waals surface area contributed by atoms with Crippen molar-refractivity contribution in [2.24, 2.45) is 23.2 Å². The zero-order valence-electron chi connectivity index (χ0n) is 7.47. The van der Waals surface area contributed by atoms with Crippen molar-refractivity contribution < 1.29 is 0 Å². The SMILES string of the molecule is CC1CCCC12CCC1CC12. The molecule has 4 unspecified atom stereocenters. The molecule has 0 aromatic heterocycles. The maximum absolute atomic E-state index is 2.51. The van der Waals surface area contributed by atoms with Gasteiger partial charge >= 0.3 is 0 Å². The lowest BCUT2D eigenvalue weighted by Crippen LogP contribution is -2.23. The lowest BCUT2D eigenvalue weighted by molar-refractivity contribution is 0.185. The lowest BCUT2D eigenvalue weighted by atomic mass is 9.74. The minimum absolute atomic E-state index is 0.880. The van der Waals surface area contributed by atoms with Gasteiger partial charge in [0.05, 0.1) is 0 Å². The highest BCUT2D eigenvalue weighted by molar-refractivity contribution is 5.09. The molecule has 0 nitrogen and oxygen atoms in total. The molecule has 0 saturated heterocycles. The number of fused-ring (bicyclic) bond motifs is 2. The molecule has 0 aromatic carbocycles. The van der Waals surface area contributed by atoms with E-state index >= 15 is 0 Å². The highest BCUT2D eigenvalue weighted by Crippen LogP contribution is 2.69. The summed E-state index contributed by atoms with van der Waals surface area (Å²) in [4.78, 5) is 0. The van der Waals surface area contributed by atoms with Gasteiger partial charge in [0.2, 0.25) is 0 Å². The standard InChI is InChI=1S/C11H18/c1-8-3-2-5-11(8)6-4-9-7-10(9)11/h8-10H,2-7H2,1H3. The second-order valence-corrected chi connectivity index (χ2v) is 5.17. The minimum Gasteiger partial charge on any atom is -0.0620 e. The summed E-state index contributed by atoms with van der Waals surface area (Å²) in [7, 11) is 0. The van der Waals surface area contributed by atoms with E-state index in [9.17, 15) is 0 Å². The Kier molecular flexibility index (Phi) is 1.09. The van der Waals surface area contributed by atoms with Gasteiger partial charge in [0, 0.05) is 0 Å². The van der Waals surface area contributed by atoms with E-state index in [1.807, 2.05) is 0 Å². The molecule has 3 rings (SSSR count). The monoisotopic (exact) mass is 150 g/mol. The maximum Gasteiger partial charge on any atom is -0.0241 e. The van der Waals surface area contributed by atoms with Crippen LogP contribution in [-0.4, -0.2) is 0 Å². The van der Waals surface area contributed by atoms with E-state index < -0.39 is 0 Å². The summed E-state index contributed by atoms with van der Waals surface area (Å²) >= 11 is 0. The molecule has 1 spiro atoms. The van der Waals surface area contributed by atoms with E-state index in [-0.39, 0.29) is 0 Å². The Balaban J connectivity index is 1.92. The topological polar surface area (TPSA) is 0 Å². The van der Waals surface area contributed by atoms with Gasteiger partial charge in [-0.05, 0) is 48.9 Å². The first-order valence-corrected chi connectivity index (χ1v) is 5.33. The molecule has 3 saturated carbocycles. The molecule has 4 atom stereocenters. The van der Waals surface area contributed by atoms with Gasteiger partial charge in [-0.1, -0.05) is 19.8 Å². The fourth-order valence-corrected chi connectivity index (χ4v) is 4.10. The molecule has 0 N–H and O–H groups in total. The molecular formula is C11H18.